The fourth-order valence-electron chi connectivity index (χ4n) is 6.88. The third-order valence-corrected chi connectivity index (χ3v) is 11.1. The van der Waals surface area contributed by atoms with E-state index >= 15 is 0 Å². The first-order valence-corrected chi connectivity index (χ1v) is 22.3. The molecule has 9 unspecified atom stereocenters. The summed E-state index contributed by atoms with van der Waals surface area (Å²) in [5, 5.41) is 36.4. The molecule has 2 rings (SSSR count). The van der Waals surface area contributed by atoms with Crippen LogP contribution in [0.1, 0.15) is 78.2 Å². The number of esters is 2. The van der Waals surface area contributed by atoms with Gasteiger partial charge in [-0.3, -0.25) is 43.2 Å². The number of rotatable bonds is 15. The lowest BCUT2D eigenvalue weighted by Gasteiger charge is -2.27. The third kappa shape index (κ3) is 20.4. The first-order chi connectivity index (χ1) is 33.0. The van der Waals surface area contributed by atoms with E-state index in [1.165, 1.54) is 19.9 Å². The van der Waals surface area contributed by atoms with Crippen molar-refractivity contribution in [3.8, 4) is 0 Å². The van der Waals surface area contributed by atoms with Crippen LogP contribution in [-0.4, -0.2) is 139 Å². The van der Waals surface area contributed by atoms with Crippen LogP contribution in [-0.2, 0) is 73.4 Å². The molecule has 1 fully saturated rings. The van der Waals surface area contributed by atoms with Gasteiger partial charge in [-0.25, -0.2) is 9.59 Å². The largest absolute Gasteiger partial charge is 0.480 e. The summed E-state index contributed by atoms with van der Waals surface area (Å²) >= 11 is 0. The van der Waals surface area contributed by atoms with Crippen molar-refractivity contribution in [3.63, 3.8) is 0 Å². The summed E-state index contributed by atoms with van der Waals surface area (Å²) in [5.74, 6) is -13.4. The number of carbonyl (C=O) groups excluding carboxylic acids is 9. The van der Waals surface area contributed by atoms with Gasteiger partial charge in [0.1, 0.15) is 30.2 Å². The molecule has 23 nitrogen and oxygen atoms in total. The average molecular weight is 984 g/mol. The van der Waals surface area contributed by atoms with Gasteiger partial charge in [0.05, 0.1) is 44.4 Å². The lowest BCUT2D eigenvalue weighted by atomic mass is 9.94. The van der Waals surface area contributed by atoms with E-state index < -0.39 is 158 Å². The normalized spacial score (nSPS) is 24.1. The number of hydrogen-bond acceptors (Lipinski definition) is 14. The predicted octanol–water partition coefficient (Wildman–Crippen LogP) is -0.163. The minimum absolute atomic E-state index is 0.152. The van der Waals surface area contributed by atoms with Crippen LogP contribution in [0.3, 0.4) is 0 Å². The standard InChI is InChI=1S/C47H65N7O16/c1-25(22-26(2)36(68-6)23-30-12-10-9-11-13-30)14-15-31-27(3)41(59)53-34(46(64)65)16-19-37(55)48-28(4)42(60)49-29(5)43(61)52-33(18-21-40(58)70-8)45(63)54-35(47(66)67)24-38(56)50-32(44(62)51-31)17-20-39(57)69-7/h9-15,22,26-27,29,31-36H,4,16-21,23-24H2,1-3,5-8H3,(H,48,55)(H,49,60)(H,50,56)(H,51,62)(H,52,61)(H,53,59)(H,54,63)(H,64,65)(H,66,67). The fourth-order valence-corrected chi connectivity index (χ4v) is 6.88. The minimum Gasteiger partial charge on any atom is -0.480 e. The van der Waals surface area contributed by atoms with Crippen molar-refractivity contribution < 1.29 is 77.2 Å². The molecule has 1 aliphatic rings. The van der Waals surface area contributed by atoms with E-state index in [0.29, 0.717) is 12.0 Å². The van der Waals surface area contributed by atoms with Gasteiger partial charge in [0.2, 0.25) is 35.4 Å². The molecular weight excluding hydrogens is 919 g/mol. The van der Waals surface area contributed by atoms with E-state index in [2.05, 4.69) is 48.5 Å². The van der Waals surface area contributed by atoms with Gasteiger partial charge in [-0.1, -0.05) is 74.6 Å². The predicted molar refractivity (Wildman–Crippen MR) is 248 cm³/mol. The Balaban J connectivity index is 2.66. The number of carbonyl (C=O) groups is 11. The maximum atomic E-state index is 14.1. The zero-order chi connectivity index (χ0) is 52.7. The van der Waals surface area contributed by atoms with Crippen LogP contribution in [0.25, 0.3) is 0 Å². The molecule has 70 heavy (non-hydrogen) atoms. The molecule has 0 aromatic heterocycles. The molecule has 0 spiro atoms. The van der Waals surface area contributed by atoms with Gasteiger partial charge in [-0.05, 0) is 45.1 Å². The molecule has 0 bridgehead atoms. The first-order valence-electron chi connectivity index (χ1n) is 22.3. The van der Waals surface area contributed by atoms with Gasteiger partial charge in [0, 0.05) is 32.3 Å². The molecule has 384 valence electrons. The molecule has 1 aliphatic heterocycles. The first kappa shape index (κ1) is 58.7. The minimum atomic E-state index is -2.00. The van der Waals surface area contributed by atoms with Crippen LogP contribution in [0.2, 0.25) is 0 Å². The number of carboxylic acids is 2. The van der Waals surface area contributed by atoms with E-state index in [1.807, 2.05) is 43.3 Å². The summed E-state index contributed by atoms with van der Waals surface area (Å²) < 4.78 is 15.1. The second kappa shape index (κ2) is 29.5. The monoisotopic (exact) mass is 983 g/mol. The molecule has 1 aromatic carbocycles. The van der Waals surface area contributed by atoms with E-state index in [1.54, 1.807) is 20.1 Å². The Morgan fingerprint density at radius 2 is 1.30 bits per heavy atom. The number of nitrogens with one attached hydrogen (secondary N) is 7. The van der Waals surface area contributed by atoms with Crippen LogP contribution in [0, 0.1) is 11.8 Å². The van der Waals surface area contributed by atoms with Gasteiger partial charge < -0.3 is 61.6 Å². The summed E-state index contributed by atoms with van der Waals surface area (Å²) in [7, 11) is 3.74. The van der Waals surface area contributed by atoms with Crippen molar-refractivity contribution in [1.82, 2.24) is 37.2 Å². The number of aliphatic carboxylic acids is 2. The third-order valence-electron chi connectivity index (χ3n) is 11.1. The summed E-state index contributed by atoms with van der Waals surface area (Å²) in [5.41, 5.74) is 1.14. The number of ether oxygens (including phenoxy) is 3. The van der Waals surface area contributed by atoms with E-state index in [4.69, 9.17) is 9.47 Å². The molecular formula is C47H65N7O16. The van der Waals surface area contributed by atoms with Gasteiger partial charge in [-0.2, -0.15) is 0 Å². The SMILES string of the molecule is C=C1NC(=O)CCC(C(=O)O)NC(=O)C(C)C(C=CC(C)=CC(C)C(Cc2ccccc2)OC)NC(=O)C(CCC(=O)OC)NC(=O)CC(C(=O)O)NC(=O)C(CCC(=O)OC)NC(=O)C(C)NC1=O. The Labute approximate surface area is 405 Å². The highest BCUT2D eigenvalue weighted by molar-refractivity contribution is 6.00. The summed E-state index contributed by atoms with van der Waals surface area (Å²) in [6.45, 7) is 9.73. The van der Waals surface area contributed by atoms with Crippen LogP contribution < -0.4 is 37.2 Å². The molecule has 9 N–H and O–H groups in total. The molecule has 23 heteroatoms. The van der Waals surface area contributed by atoms with Gasteiger partial charge in [0.15, 0.2) is 0 Å². The fraction of sp³-hybridized carbons (Fsp3) is 0.511. The number of allylic oxidation sites excluding steroid dienone is 2. The van der Waals surface area contributed by atoms with Crippen molar-refractivity contribution in [2.75, 3.05) is 21.3 Å². The Morgan fingerprint density at radius 3 is 1.86 bits per heavy atom. The number of amides is 7. The lowest BCUT2D eigenvalue weighted by Crippen LogP contribution is -2.56. The maximum absolute atomic E-state index is 14.1. The van der Waals surface area contributed by atoms with Crippen molar-refractivity contribution in [1.29, 1.82) is 0 Å². The molecule has 0 aliphatic carbocycles. The van der Waals surface area contributed by atoms with Crippen LogP contribution in [0.4, 0.5) is 0 Å². The summed E-state index contributed by atoms with van der Waals surface area (Å²) in [6.07, 6.45) is 1.51. The van der Waals surface area contributed by atoms with Crippen molar-refractivity contribution in [2.45, 2.75) is 121 Å². The zero-order valence-electron chi connectivity index (χ0n) is 40.3. The van der Waals surface area contributed by atoms with Crippen LogP contribution >= 0.6 is 0 Å². The van der Waals surface area contributed by atoms with Crippen molar-refractivity contribution >= 4 is 65.2 Å². The number of benzene rings is 1. The molecule has 7 amide bonds. The summed E-state index contributed by atoms with van der Waals surface area (Å²) in [4.78, 5) is 143. The molecule has 0 saturated carbocycles. The molecule has 1 heterocycles. The van der Waals surface area contributed by atoms with Gasteiger partial charge in [-0.15, -0.1) is 0 Å². The molecule has 9 atom stereocenters. The highest BCUT2D eigenvalue weighted by Crippen LogP contribution is 2.18. The van der Waals surface area contributed by atoms with Gasteiger partial charge in [0.25, 0.3) is 5.91 Å². The smallest absolute Gasteiger partial charge is 0.326 e. The Kier molecular flexibility index (Phi) is 24.7. The highest BCUT2D eigenvalue weighted by atomic mass is 16.5. The second-order valence-corrected chi connectivity index (χ2v) is 16.6. The van der Waals surface area contributed by atoms with Crippen LogP contribution in [0.5, 0.6) is 0 Å². The van der Waals surface area contributed by atoms with Crippen LogP contribution in [0.15, 0.2) is 66.4 Å². The average Bonchev–Trinajstić information content (AvgIpc) is 3.31. The molecule has 1 aromatic rings. The second-order valence-electron chi connectivity index (χ2n) is 16.6. The Morgan fingerprint density at radius 1 is 0.743 bits per heavy atom. The van der Waals surface area contributed by atoms with E-state index in [-0.39, 0.29) is 12.0 Å². The number of hydrogen-bond donors (Lipinski definition) is 9. The Bertz CT molecular complexity index is 2140. The zero-order valence-corrected chi connectivity index (χ0v) is 40.3. The quantitative estimate of drug-likeness (QED) is 0.0626. The van der Waals surface area contributed by atoms with E-state index in [0.717, 1.165) is 19.8 Å². The highest BCUT2D eigenvalue weighted by Gasteiger charge is 2.34. The topological polar surface area (TPSA) is 340 Å². The maximum Gasteiger partial charge on any atom is 0.326 e. The Hall–Kier alpha value is -7.43. The van der Waals surface area contributed by atoms with E-state index in [9.17, 15) is 63.0 Å². The van der Waals surface area contributed by atoms with Crippen molar-refractivity contribution in [3.05, 3.63) is 72.0 Å². The number of carboxylic acid groups (broad SMARTS) is 2. The summed E-state index contributed by atoms with van der Waals surface area (Å²) in [6, 6.07) is 0.0407. The lowest BCUT2D eigenvalue weighted by molar-refractivity contribution is -0.145. The molecule has 1 saturated heterocycles. The van der Waals surface area contributed by atoms with Crippen molar-refractivity contribution in [2.24, 2.45) is 11.8 Å². The number of methoxy groups -OCH3 is 3. The van der Waals surface area contributed by atoms with Gasteiger partial charge >= 0.3 is 23.9 Å². The molecule has 0 radical (unpaired) electrons.